The summed E-state index contributed by atoms with van der Waals surface area (Å²) in [6.45, 7) is 1.79. The van der Waals surface area contributed by atoms with Gasteiger partial charge in [-0.2, -0.15) is 0 Å². The molecule has 90 valence electrons. The summed E-state index contributed by atoms with van der Waals surface area (Å²) in [6, 6.07) is -1.57. The Morgan fingerprint density at radius 3 is 2.81 bits per heavy atom. The van der Waals surface area contributed by atoms with Crippen LogP contribution in [0.3, 0.4) is 0 Å². The summed E-state index contributed by atoms with van der Waals surface area (Å²) in [5.41, 5.74) is 5.37. The van der Waals surface area contributed by atoms with E-state index < -0.39 is 29.9 Å². The Morgan fingerprint density at radius 2 is 2.31 bits per heavy atom. The van der Waals surface area contributed by atoms with Crippen LogP contribution in [0.1, 0.15) is 13.3 Å². The summed E-state index contributed by atoms with van der Waals surface area (Å²) in [5, 5.41) is 10.9. The molecule has 1 heterocycles. The van der Waals surface area contributed by atoms with Gasteiger partial charge in [0.05, 0.1) is 12.6 Å². The van der Waals surface area contributed by atoms with Gasteiger partial charge in [-0.05, 0) is 6.42 Å². The van der Waals surface area contributed by atoms with E-state index in [2.05, 4.69) is 5.32 Å². The van der Waals surface area contributed by atoms with Crippen molar-refractivity contribution in [3.63, 3.8) is 0 Å². The lowest BCUT2D eigenvalue weighted by Crippen LogP contribution is -2.60. The summed E-state index contributed by atoms with van der Waals surface area (Å²) in [7, 11) is 0. The zero-order valence-electron chi connectivity index (χ0n) is 8.97. The molecule has 2 unspecified atom stereocenters. The van der Waals surface area contributed by atoms with E-state index in [4.69, 9.17) is 10.8 Å². The third kappa shape index (κ3) is 2.77. The predicted octanol–water partition coefficient (Wildman–Crippen LogP) is -1.86. The molecular weight excluding hydrogens is 214 g/mol. The monoisotopic (exact) mass is 229 g/mol. The molecule has 16 heavy (non-hydrogen) atoms. The Kier molecular flexibility index (Phi) is 3.97. The molecule has 0 aromatic rings. The number of nitrogens with zero attached hydrogens (tertiary/aromatic N) is 1. The number of nitrogens with two attached hydrogens (primary N) is 1. The fourth-order valence-corrected chi connectivity index (χ4v) is 1.69. The zero-order chi connectivity index (χ0) is 12.3. The Morgan fingerprint density at radius 1 is 1.69 bits per heavy atom. The minimum Gasteiger partial charge on any atom is -0.480 e. The lowest BCUT2D eigenvalue weighted by atomic mass is 10.1. The van der Waals surface area contributed by atoms with Crippen molar-refractivity contribution in [2.75, 3.05) is 13.1 Å². The number of carbonyl (C=O) groups excluding carboxylic acids is 2. The first-order chi connectivity index (χ1) is 7.45. The average Bonchev–Trinajstić information content (AvgIpc) is 2.16. The topological polar surface area (TPSA) is 113 Å². The molecule has 0 aromatic carbocycles. The molecule has 2 atom stereocenters. The largest absolute Gasteiger partial charge is 0.480 e. The molecule has 0 radical (unpaired) electrons. The van der Waals surface area contributed by atoms with Crippen molar-refractivity contribution in [3.05, 3.63) is 0 Å². The number of hydrogen-bond acceptors (Lipinski definition) is 5. The van der Waals surface area contributed by atoms with Crippen LogP contribution in [0.2, 0.25) is 0 Å². The first-order valence-electron chi connectivity index (χ1n) is 5.01. The highest BCUT2D eigenvalue weighted by Crippen LogP contribution is 2.09. The second-order valence-electron chi connectivity index (χ2n) is 3.71. The van der Waals surface area contributed by atoms with Gasteiger partial charge in [-0.1, -0.05) is 6.92 Å². The zero-order valence-corrected chi connectivity index (χ0v) is 8.97. The van der Waals surface area contributed by atoms with E-state index in [1.165, 1.54) is 4.90 Å². The van der Waals surface area contributed by atoms with Crippen LogP contribution in [0.25, 0.3) is 0 Å². The van der Waals surface area contributed by atoms with Crippen LogP contribution < -0.4 is 11.1 Å². The van der Waals surface area contributed by atoms with Crippen molar-refractivity contribution in [2.45, 2.75) is 25.4 Å². The van der Waals surface area contributed by atoms with Crippen LogP contribution in [0.15, 0.2) is 0 Å². The van der Waals surface area contributed by atoms with Gasteiger partial charge < -0.3 is 10.8 Å². The lowest BCUT2D eigenvalue weighted by Gasteiger charge is -2.34. The van der Waals surface area contributed by atoms with Crippen LogP contribution in [-0.2, 0) is 14.4 Å². The molecule has 7 nitrogen and oxygen atoms in total. The summed E-state index contributed by atoms with van der Waals surface area (Å²) >= 11 is 0. The van der Waals surface area contributed by atoms with Gasteiger partial charge in [-0.3, -0.25) is 24.6 Å². The van der Waals surface area contributed by atoms with E-state index in [0.717, 1.165) is 0 Å². The van der Waals surface area contributed by atoms with Gasteiger partial charge >= 0.3 is 5.97 Å². The maximum Gasteiger partial charge on any atom is 0.321 e. The number of rotatable bonds is 4. The first kappa shape index (κ1) is 12.6. The molecular formula is C9H15N3O4. The molecule has 0 aliphatic carbocycles. The van der Waals surface area contributed by atoms with Gasteiger partial charge in [0.2, 0.25) is 11.8 Å². The highest BCUT2D eigenvalue weighted by Gasteiger charge is 2.33. The second kappa shape index (κ2) is 5.04. The number of piperazine rings is 1. The molecule has 7 heteroatoms. The number of nitrogens with one attached hydrogen (secondary N) is 1. The van der Waals surface area contributed by atoms with E-state index in [0.29, 0.717) is 6.42 Å². The van der Waals surface area contributed by atoms with Crippen molar-refractivity contribution in [1.29, 1.82) is 0 Å². The number of hydrogen-bond donors (Lipinski definition) is 3. The smallest absolute Gasteiger partial charge is 0.321 e. The Hall–Kier alpha value is -1.47. The van der Waals surface area contributed by atoms with Crippen molar-refractivity contribution in [2.24, 2.45) is 5.73 Å². The molecule has 1 rings (SSSR count). The minimum atomic E-state index is -1.15. The fraction of sp³-hybridized carbons (Fsp3) is 0.667. The van der Waals surface area contributed by atoms with Crippen LogP contribution in [0.4, 0.5) is 0 Å². The van der Waals surface area contributed by atoms with Crippen molar-refractivity contribution < 1.29 is 19.5 Å². The fourth-order valence-electron chi connectivity index (χ4n) is 1.69. The number of carboxylic acids is 1. The maximum absolute atomic E-state index is 11.4. The molecule has 0 aromatic heterocycles. The third-order valence-corrected chi connectivity index (χ3v) is 2.49. The van der Waals surface area contributed by atoms with E-state index in [1.807, 2.05) is 0 Å². The molecule has 1 aliphatic heterocycles. The molecule has 0 bridgehead atoms. The third-order valence-electron chi connectivity index (χ3n) is 2.49. The summed E-state index contributed by atoms with van der Waals surface area (Å²) in [6.07, 6.45) is 0.505. The van der Waals surface area contributed by atoms with Gasteiger partial charge in [0, 0.05) is 6.54 Å². The SMILES string of the molecule is CCC1C(=O)NC(=O)CN1CC(N)C(=O)O. The molecule has 4 N–H and O–H groups in total. The molecule has 1 fully saturated rings. The maximum atomic E-state index is 11.4. The van der Waals surface area contributed by atoms with Crippen LogP contribution in [0.5, 0.6) is 0 Å². The van der Waals surface area contributed by atoms with E-state index in [-0.39, 0.29) is 13.1 Å². The molecule has 1 aliphatic rings. The number of carbonyl (C=O) groups is 3. The number of imide groups is 1. The Balaban J connectivity index is 2.71. The predicted molar refractivity (Wildman–Crippen MR) is 54.4 cm³/mol. The number of carboxylic acid groups (broad SMARTS) is 1. The summed E-state index contributed by atoms with van der Waals surface area (Å²) in [5.74, 6) is -1.96. The van der Waals surface area contributed by atoms with Crippen molar-refractivity contribution in [3.8, 4) is 0 Å². The van der Waals surface area contributed by atoms with Gasteiger partial charge in [0.25, 0.3) is 0 Å². The van der Waals surface area contributed by atoms with E-state index in [9.17, 15) is 14.4 Å². The van der Waals surface area contributed by atoms with Gasteiger partial charge in [0.1, 0.15) is 6.04 Å². The van der Waals surface area contributed by atoms with Crippen LogP contribution >= 0.6 is 0 Å². The standard InChI is InChI=1S/C9H15N3O4/c1-2-6-8(14)11-7(13)4-12(6)3-5(10)9(15)16/h5-6H,2-4,10H2,1H3,(H,15,16)(H,11,13,14). The highest BCUT2D eigenvalue weighted by atomic mass is 16.4. The van der Waals surface area contributed by atoms with Crippen molar-refractivity contribution >= 4 is 17.8 Å². The summed E-state index contributed by atoms with van der Waals surface area (Å²) in [4.78, 5) is 34.7. The van der Waals surface area contributed by atoms with E-state index >= 15 is 0 Å². The van der Waals surface area contributed by atoms with Crippen molar-refractivity contribution in [1.82, 2.24) is 10.2 Å². The van der Waals surface area contributed by atoms with E-state index in [1.54, 1.807) is 6.92 Å². The van der Waals surface area contributed by atoms with Gasteiger partial charge in [0.15, 0.2) is 0 Å². The highest BCUT2D eigenvalue weighted by molar-refractivity contribution is 6.01. The number of amides is 2. The molecule has 2 amide bonds. The minimum absolute atomic E-state index is 0.00519. The van der Waals surface area contributed by atoms with Crippen LogP contribution in [0, 0.1) is 0 Å². The number of aliphatic carboxylic acids is 1. The average molecular weight is 229 g/mol. The second-order valence-corrected chi connectivity index (χ2v) is 3.71. The Bertz CT molecular complexity index is 318. The molecule has 0 saturated carbocycles. The quantitative estimate of drug-likeness (QED) is 0.487. The summed E-state index contributed by atoms with van der Waals surface area (Å²) < 4.78 is 0. The van der Waals surface area contributed by atoms with Gasteiger partial charge in [-0.25, -0.2) is 0 Å². The lowest BCUT2D eigenvalue weighted by molar-refractivity contribution is -0.144. The molecule has 1 saturated heterocycles. The molecule has 0 spiro atoms. The van der Waals surface area contributed by atoms with Gasteiger partial charge in [-0.15, -0.1) is 0 Å². The normalized spacial score (nSPS) is 24.0. The Labute approximate surface area is 92.6 Å². The van der Waals surface area contributed by atoms with Crippen LogP contribution in [-0.4, -0.2) is 53.0 Å². The first-order valence-corrected chi connectivity index (χ1v) is 5.01.